The van der Waals surface area contributed by atoms with Gasteiger partial charge < -0.3 is 14.2 Å². The number of esters is 3. The van der Waals surface area contributed by atoms with Crippen LogP contribution < -0.4 is 0 Å². The topological polar surface area (TPSA) is 78.9 Å². The highest BCUT2D eigenvalue weighted by atomic mass is 16.6. The molecule has 0 amide bonds. The van der Waals surface area contributed by atoms with E-state index in [1.165, 1.54) is 180 Å². The fourth-order valence-corrected chi connectivity index (χ4v) is 8.29. The predicted molar refractivity (Wildman–Crippen MR) is 279 cm³/mol. The van der Waals surface area contributed by atoms with Crippen molar-refractivity contribution in [2.45, 2.75) is 309 Å². The van der Waals surface area contributed by atoms with Gasteiger partial charge in [0.15, 0.2) is 6.10 Å². The lowest BCUT2D eigenvalue weighted by Gasteiger charge is -2.18. The quantitative estimate of drug-likeness (QED) is 0.0262. The largest absolute Gasteiger partial charge is 0.462 e. The predicted octanol–water partition coefficient (Wildman–Crippen LogP) is 18.9. The summed E-state index contributed by atoms with van der Waals surface area (Å²) in [4.78, 5) is 38.1. The molecule has 6 heteroatoms. The summed E-state index contributed by atoms with van der Waals surface area (Å²) in [6.07, 6.45) is 64.1. The monoisotopic (exact) mass is 913 g/mol. The van der Waals surface area contributed by atoms with Crippen LogP contribution in [0.3, 0.4) is 0 Å². The van der Waals surface area contributed by atoms with E-state index in [2.05, 4.69) is 57.2 Å². The van der Waals surface area contributed by atoms with Crippen LogP contribution in [0.25, 0.3) is 0 Å². The van der Waals surface area contributed by atoms with Crippen LogP contribution in [-0.4, -0.2) is 37.2 Å². The van der Waals surface area contributed by atoms with Gasteiger partial charge in [-0.2, -0.15) is 0 Å². The fourth-order valence-electron chi connectivity index (χ4n) is 8.29. The van der Waals surface area contributed by atoms with Gasteiger partial charge in [-0.1, -0.05) is 243 Å². The van der Waals surface area contributed by atoms with E-state index in [4.69, 9.17) is 14.2 Å². The summed E-state index contributed by atoms with van der Waals surface area (Å²) < 4.78 is 16.8. The number of carbonyl (C=O) groups is 3. The van der Waals surface area contributed by atoms with Gasteiger partial charge in [0, 0.05) is 19.3 Å². The number of rotatable bonds is 52. The first-order valence-electron chi connectivity index (χ1n) is 28.5. The van der Waals surface area contributed by atoms with Crippen molar-refractivity contribution in [1.82, 2.24) is 0 Å². The molecule has 0 bridgehead atoms. The molecule has 380 valence electrons. The van der Waals surface area contributed by atoms with Crippen molar-refractivity contribution in [1.29, 1.82) is 0 Å². The summed E-state index contributed by atoms with van der Waals surface area (Å²) in [6, 6.07) is 0. The van der Waals surface area contributed by atoms with Crippen LogP contribution in [0, 0.1) is 0 Å². The van der Waals surface area contributed by atoms with Gasteiger partial charge in [0.25, 0.3) is 0 Å². The van der Waals surface area contributed by atoms with Crippen molar-refractivity contribution >= 4 is 17.9 Å². The molecule has 65 heavy (non-hydrogen) atoms. The first-order chi connectivity index (χ1) is 32.0. The van der Waals surface area contributed by atoms with E-state index in [1.807, 2.05) is 0 Å². The molecule has 0 aromatic heterocycles. The molecule has 0 aromatic carbocycles. The number of unbranched alkanes of at least 4 members (excludes halogenated alkanes) is 35. The molecule has 1 unspecified atom stereocenters. The highest BCUT2D eigenvalue weighted by Gasteiger charge is 2.19. The fraction of sp³-hybridized carbons (Fsp3) is 0.847. The molecule has 0 rings (SSSR count). The molecule has 0 aromatic rings. The lowest BCUT2D eigenvalue weighted by atomic mass is 10.0. The molecule has 0 aliphatic heterocycles. The van der Waals surface area contributed by atoms with Crippen LogP contribution in [0.15, 0.2) is 36.5 Å². The van der Waals surface area contributed by atoms with Gasteiger partial charge in [-0.15, -0.1) is 0 Å². The van der Waals surface area contributed by atoms with Crippen LogP contribution >= 0.6 is 0 Å². The zero-order valence-corrected chi connectivity index (χ0v) is 43.5. The second kappa shape index (κ2) is 54.2. The molecular formula is C59H108O6. The molecule has 0 heterocycles. The van der Waals surface area contributed by atoms with Crippen molar-refractivity contribution in [2.24, 2.45) is 0 Å². The maximum atomic E-state index is 12.8. The van der Waals surface area contributed by atoms with Crippen LogP contribution in [0.5, 0.6) is 0 Å². The average Bonchev–Trinajstić information content (AvgIpc) is 3.30. The van der Waals surface area contributed by atoms with E-state index >= 15 is 0 Å². The Kier molecular flexibility index (Phi) is 52.3. The van der Waals surface area contributed by atoms with Gasteiger partial charge in [0.05, 0.1) is 0 Å². The van der Waals surface area contributed by atoms with Crippen molar-refractivity contribution < 1.29 is 28.6 Å². The summed E-state index contributed by atoms with van der Waals surface area (Å²) in [5.41, 5.74) is 0. The average molecular weight is 914 g/mol. The molecule has 0 spiro atoms. The molecule has 0 saturated carbocycles. The normalized spacial score (nSPS) is 12.2. The molecule has 1 atom stereocenters. The first kappa shape index (κ1) is 62.6. The van der Waals surface area contributed by atoms with Crippen LogP contribution in [-0.2, 0) is 28.6 Å². The smallest absolute Gasteiger partial charge is 0.306 e. The van der Waals surface area contributed by atoms with Gasteiger partial charge in [0.1, 0.15) is 13.2 Å². The summed E-state index contributed by atoms with van der Waals surface area (Å²) in [6.45, 7) is 6.64. The van der Waals surface area contributed by atoms with Crippen LogP contribution in [0.2, 0.25) is 0 Å². The third-order valence-corrected chi connectivity index (χ3v) is 12.6. The summed E-state index contributed by atoms with van der Waals surface area (Å²) in [5, 5.41) is 0. The van der Waals surface area contributed by atoms with Gasteiger partial charge in [-0.05, 0) is 77.0 Å². The molecule has 0 aliphatic carbocycles. The van der Waals surface area contributed by atoms with Gasteiger partial charge in [0.2, 0.25) is 0 Å². The van der Waals surface area contributed by atoms with E-state index in [0.717, 1.165) is 83.5 Å². The van der Waals surface area contributed by atoms with Crippen LogP contribution in [0.1, 0.15) is 303 Å². The highest BCUT2D eigenvalue weighted by Crippen LogP contribution is 2.16. The molecule has 0 aliphatic rings. The zero-order valence-electron chi connectivity index (χ0n) is 43.5. The number of ether oxygens (including phenoxy) is 3. The minimum absolute atomic E-state index is 0.0751. The Labute approximate surface area is 404 Å². The van der Waals surface area contributed by atoms with E-state index in [0.29, 0.717) is 19.3 Å². The maximum Gasteiger partial charge on any atom is 0.306 e. The Morgan fingerprint density at radius 1 is 0.308 bits per heavy atom. The Morgan fingerprint density at radius 2 is 0.554 bits per heavy atom. The third kappa shape index (κ3) is 52.5. The molecular weight excluding hydrogens is 805 g/mol. The lowest BCUT2D eigenvalue weighted by Crippen LogP contribution is -2.30. The van der Waals surface area contributed by atoms with Crippen LogP contribution in [0.4, 0.5) is 0 Å². The molecule has 0 saturated heterocycles. The lowest BCUT2D eigenvalue weighted by molar-refractivity contribution is -0.167. The minimum atomic E-state index is -0.777. The van der Waals surface area contributed by atoms with Gasteiger partial charge >= 0.3 is 17.9 Å². The van der Waals surface area contributed by atoms with Crippen molar-refractivity contribution in [3.05, 3.63) is 36.5 Å². The number of hydrogen-bond donors (Lipinski definition) is 0. The Balaban J connectivity index is 4.34. The number of hydrogen-bond acceptors (Lipinski definition) is 6. The van der Waals surface area contributed by atoms with E-state index in [1.54, 1.807) is 0 Å². The van der Waals surface area contributed by atoms with Crippen molar-refractivity contribution in [3.8, 4) is 0 Å². The van der Waals surface area contributed by atoms with Gasteiger partial charge in [-0.25, -0.2) is 0 Å². The van der Waals surface area contributed by atoms with Crippen molar-refractivity contribution in [3.63, 3.8) is 0 Å². The third-order valence-electron chi connectivity index (χ3n) is 12.6. The zero-order chi connectivity index (χ0) is 47.2. The summed E-state index contributed by atoms with van der Waals surface area (Å²) >= 11 is 0. The Bertz CT molecular complexity index is 1090. The first-order valence-corrected chi connectivity index (χ1v) is 28.5. The molecule has 0 fully saturated rings. The molecule has 0 radical (unpaired) electrons. The number of allylic oxidation sites excluding steroid dienone is 6. The van der Waals surface area contributed by atoms with Gasteiger partial charge in [-0.3, -0.25) is 14.4 Å². The highest BCUT2D eigenvalue weighted by molar-refractivity contribution is 5.71. The Hall–Kier alpha value is -2.37. The van der Waals surface area contributed by atoms with E-state index in [-0.39, 0.29) is 31.1 Å². The maximum absolute atomic E-state index is 12.8. The summed E-state index contributed by atoms with van der Waals surface area (Å²) in [5.74, 6) is -0.876. The standard InChI is InChI=1S/C59H108O6/c1-4-7-10-13-16-19-22-25-27-29-30-31-33-34-37-40-43-46-49-52-58(61)64-55-56(54-63-57(60)51-48-45-42-39-36-24-21-18-15-12-9-6-3)65-59(62)53-50-47-44-41-38-35-32-28-26-23-20-17-14-11-8-5-2/h20,23,25,27-28,32,56H,4-19,21-22,24,26,29-31,33-55H2,1-3H3/b23-20-,27-25-,32-28-. The van der Waals surface area contributed by atoms with E-state index < -0.39 is 6.10 Å². The molecule has 6 nitrogen and oxygen atoms in total. The summed E-state index contributed by atoms with van der Waals surface area (Å²) in [7, 11) is 0. The molecule has 0 N–H and O–H groups in total. The second-order valence-corrected chi connectivity index (χ2v) is 19.2. The SMILES string of the molecule is CCCCCC/C=C\C/C=C\CCCCCCCC(=O)OC(COC(=O)CCCCCCCCCCC/C=C\CCCCCCCC)COC(=O)CCCCCCCCCCCCCC. The Morgan fingerprint density at radius 3 is 0.877 bits per heavy atom. The van der Waals surface area contributed by atoms with Crippen molar-refractivity contribution in [2.75, 3.05) is 13.2 Å². The number of carbonyl (C=O) groups excluding carboxylic acids is 3. The minimum Gasteiger partial charge on any atom is -0.462 e. The van der Waals surface area contributed by atoms with E-state index in [9.17, 15) is 14.4 Å². The second-order valence-electron chi connectivity index (χ2n) is 19.2.